The normalized spacial score (nSPS) is 20.2. The fourth-order valence-corrected chi connectivity index (χ4v) is 3.63. The molecule has 1 aliphatic carbocycles. The Hall–Kier alpha value is -0.980. The fourth-order valence-electron chi connectivity index (χ4n) is 3.63. The van der Waals surface area contributed by atoms with E-state index in [1.165, 1.54) is 87.5 Å². The Labute approximate surface area is 131 Å². The second-order valence-electron chi connectivity index (χ2n) is 6.92. The molecule has 1 aliphatic heterocycles. The van der Waals surface area contributed by atoms with Gasteiger partial charge < -0.3 is 5.32 Å². The first-order valence-corrected chi connectivity index (χ1v) is 9.05. The summed E-state index contributed by atoms with van der Waals surface area (Å²) in [5, 5.41) is 3.44. The molecule has 1 saturated carbocycles. The monoisotopic (exact) mass is 287 g/mol. The van der Waals surface area contributed by atoms with Crippen molar-refractivity contribution in [1.29, 1.82) is 0 Å². The highest BCUT2D eigenvalue weighted by Crippen LogP contribution is 2.29. The average molecular weight is 287 g/mol. The van der Waals surface area contributed by atoms with Crippen LogP contribution in [0.1, 0.15) is 77.6 Å². The molecule has 0 saturated heterocycles. The summed E-state index contributed by atoms with van der Waals surface area (Å²) in [4.78, 5) is 0. The van der Waals surface area contributed by atoms with E-state index >= 15 is 0 Å². The third kappa shape index (κ3) is 6.11. The number of allylic oxidation sites excluding steroid dienone is 5. The number of hydrogen-bond donors (Lipinski definition) is 1. The van der Waals surface area contributed by atoms with Crippen molar-refractivity contribution in [1.82, 2.24) is 5.32 Å². The van der Waals surface area contributed by atoms with Crippen LogP contribution in [0.25, 0.3) is 0 Å². The summed E-state index contributed by atoms with van der Waals surface area (Å²) in [6, 6.07) is 0. The Bertz CT molecular complexity index is 383. The standard InChI is InChI=1S/C20H33N/c1-17(14-15-20-13-8-16-21-18(20)2)9-4-3-5-10-19-11-6-7-12-19/h14-15,19,21H,1,3-13,16H2,2H3/b15-14-. The number of rotatable bonds is 8. The van der Waals surface area contributed by atoms with E-state index in [0.717, 1.165) is 12.5 Å². The molecule has 1 N–H and O–H groups in total. The van der Waals surface area contributed by atoms with Gasteiger partial charge in [0.05, 0.1) is 0 Å². The van der Waals surface area contributed by atoms with Crippen molar-refractivity contribution in [2.75, 3.05) is 6.54 Å². The van der Waals surface area contributed by atoms with Gasteiger partial charge in [0.25, 0.3) is 0 Å². The summed E-state index contributed by atoms with van der Waals surface area (Å²) >= 11 is 0. The number of nitrogens with one attached hydrogen (secondary N) is 1. The van der Waals surface area contributed by atoms with Crippen molar-refractivity contribution in [2.45, 2.75) is 77.6 Å². The van der Waals surface area contributed by atoms with Crippen molar-refractivity contribution in [3.05, 3.63) is 35.6 Å². The van der Waals surface area contributed by atoms with Gasteiger partial charge in [-0.3, -0.25) is 0 Å². The minimum absolute atomic E-state index is 1.06. The summed E-state index contributed by atoms with van der Waals surface area (Å²) in [6.45, 7) is 7.52. The quantitative estimate of drug-likeness (QED) is 0.433. The highest BCUT2D eigenvalue weighted by molar-refractivity contribution is 5.30. The molecule has 2 aliphatic rings. The van der Waals surface area contributed by atoms with Crippen LogP contribution >= 0.6 is 0 Å². The van der Waals surface area contributed by atoms with Gasteiger partial charge in [-0.15, -0.1) is 0 Å². The molecule has 0 bridgehead atoms. The second-order valence-corrected chi connectivity index (χ2v) is 6.92. The summed E-state index contributed by atoms with van der Waals surface area (Å²) in [6.07, 6.45) is 19.7. The van der Waals surface area contributed by atoms with Crippen LogP contribution in [0.3, 0.4) is 0 Å². The van der Waals surface area contributed by atoms with Gasteiger partial charge in [0.15, 0.2) is 0 Å². The third-order valence-electron chi connectivity index (χ3n) is 5.10. The van der Waals surface area contributed by atoms with Crippen LogP contribution in [0.2, 0.25) is 0 Å². The molecule has 0 aromatic rings. The zero-order valence-electron chi connectivity index (χ0n) is 13.9. The predicted octanol–water partition coefficient (Wildman–Crippen LogP) is 5.90. The van der Waals surface area contributed by atoms with Gasteiger partial charge >= 0.3 is 0 Å². The van der Waals surface area contributed by atoms with Crippen LogP contribution in [0.5, 0.6) is 0 Å². The van der Waals surface area contributed by atoms with E-state index in [1.807, 2.05) is 0 Å². The van der Waals surface area contributed by atoms with E-state index in [-0.39, 0.29) is 0 Å². The molecule has 0 aromatic heterocycles. The maximum Gasteiger partial charge on any atom is 0.0147 e. The van der Waals surface area contributed by atoms with E-state index < -0.39 is 0 Å². The smallest absolute Gasteiger partial charge is 0.0147 e. The highest BCUT2D eigenvalue weighted by atomic mass is 14.9. The van der Waals surface area contributed by atoms with E-state index in [0.29, 0.717) is 0 Å². The minimum Gasteiger partial charge on any atom is -0.388 e. The zero-order valence-corrected chi connectivity index (χ0v) is 13.9. The van der Waals surface area contributed by atoms with Gasteiger partial charge in [-0.2, -0.15) is 0 Å². The first-order chi connectivity index (χ1) is 10.3. The molecule has 0 spiro atoms. The summed E-state index contributed by atoms with van der Waals surface area (Å²) in [7, 11) is 0. The maximum atomic E-state index is 4.21. The van der Waals surface area contributed by atoms with Gasteiger partial charge in [-0.05, 0) is 44.1 Å². The van der Waals surface area contributed by atoms with Crippen molar-refractivity contribution in [3.63, 3.8) is 0 Å². The van der Waals surface area contributed by atoms with E-state index in [2.05, 4.69) is 31.0 Å². The first-order valence-electron chi connectivity index (χ1n) is 9.05. The maximum absolute atomic E-state index is 4.21. The molecular formula is C20H33N. The Morgan fingerprint density at radius 2 is 2.00 bits per heavy atom. The molecule has 21 heavy (non-hydrogen) atoms. The molecular weight excluding hydrogens is 254 g/mol. The van der Waals surface area contributed by atoms with Crippen LogP contribution in [-0.4, -0.2) is 6.54 Å². The lowest BCUT2D eigenvalue weighted by molar-refractivity contribution is 0.468. The SMILES string of the molecule is C=C(/C=C\C1=C(C)NCCC1)CCCCCC1CCCC1. The molecule has 0 atom stereocenters. The molecule has 0 unspecified atom stereocenters. The minimum atomic E-state index is 1.06. The van der Waals surface area contributed by atoms with Crippen LogP contribution in [0, 0.1) is 5.92 Å². The van der Waals surface area contributed by atoms with Crippen molar-refractivity contribution >= 4 is 0 Å². The van der Waals surface area contributed by atoms with E-state index in [4.69, 9.17) is 0 Å². The molecule has 0 amide bonds. The molecule has 2 rings (SSSR count). The van der Waals surface area contributed by atoms with Gasteiger partial charge in [0.2, 0.25) is 0 Å². The van der Waals surface area contributed by atoms with Crippen molar-refractivity contribution in [2.24, 2.45) is 5.92 Å². The van der Waals surface area contributed by atoms with E-state index in [9.17, 15) is 0 Å². The lowest BCUT2D eigenvalue weighted by Crippen LogP contribution is -2.19. The Morgan fingerprint density at radius 1 is 1.19 bits per heavy atom. The molecule has 1 heterocycles. The molecule has 1 fully saturated rings. The van der Waals surface area contributed by atoms with Crippen LogP contribution in [0.4, 0.5) is 0 Å². The Morgan fingerprint density at radius 3 is 2.76 bits per heavy atom. The molecule has 1 nitrogen and oxygen atoms in total. The molecule has 0 radical (unpaired) electrons. The summed E-state index contributed by atoms with van der Waals surface area (Å²) < 4.78 is 0. The Kier molecular flexibility index (Phi) is 7.12. The lowest BCUT2D eigenvalue weighted by Gasteiger charge is -2.17. The zero-order chi connectivity index (χ0) is 14.9. The molecule has 0 aromatic carbocycles. The van der Waals surface area contributed by atoms with Gasteiger partial charge in [-0.25, -0.2) is 0 Å². The highest BCUT2D eigenvalue weighted by Gasteiger charge is 2.13. The topological polar surface area (TPSA) is 12.0 Å². The van der Waals surface area contributed by atoms with Crippen LogP contribution in [0.15, 0.2) is 35.6 Å². The number of unbranched alkanes of at least 4 members (excludes halogenated alkanes) is 2. The molecule has 118 valence electrons. The van der Waals surface area contributed by atoms with Gasteiger partial charge in [-0.1, -0.05) is 69.2 Å². The van der Waals surface area contributed by atoms with Crippen LogP contribution < -0.4 is 5.32 Å². The third-order valence-corrected chi connectivity index (χ3v) is 5.10. The van der Waals surface area contributed by atoms with Crippen molar-refractivity contribution in [3.8, 4) is 0 Å². The second kappa shape index (κ2) is 9.12. The number of hydrogen-bond acceptors (Lipinski definition) is 1. The van der Waals surface area contributed by atoms with Gasteiger partial charge in [0, 0.05) is 12.2 Å². The predicted molar refractivity (Wildman–Crippen MR) is 93.3 cm³/mol. The largest absolute Gasteiger partial charge is 0.388 e. The molecule has 1 heteroatoms. The summed E-state index contributed by atoms with van der Waals surface area (Å²) in [5.74, 6) is 1.06. The van der Waals surface area contributed by atoms with Crippen molar-refractivity contribution < 1.29 is 0 Å². The van der Waals surface area contributed by atoms with E-state index in [1.54, 1.807) is 0 Å². The Balaban J connectivity index is 1.56. The average Bonchev–Trinajstić information content (AvgIpc) is 2.99. The summed E-state index contributed by atoms with van der Waals surface area (Å²) in [5.41, 5.74) is 4.10. The van der Waals surface area contributed by atoms with Crippen LogP contribution in [-0.2, 0) is 0 Å². The van der Waals surface area contributed by atoms with Gasteiger partial charge in [0.1, 0.15) is 0 Å². The lowest BCUT2D eigenvalue weighted by atomic mass is 9.98. The fraction of sp³-hybridized carbons (Fsp3) is 0.700. The first kappa shape index (κ1) is 16.4.